The first-order valence-corrected chi connectivity index (χ1v) is 11.5. The van der Waals surface area contributed by atoms with Crippen LogP contribution in [0.1, 0.15) is 32.1 Å². The third kappa shape index (κ3) is 4.60. The standard InChI is InChI=1S/C26H17F3N8O3/c1-36-21(25(39)40-2)10-19(35-36)22-14(11-30)9-15(12-32-22)34-24(38)17-13-33-37(23(17)26(27,28)29)20-7-3-6-18-16(20)5-4-8-31-18/h3-10,12-13H,1-2H3,(H,34,38). The second-order valence-electron chi connectivity index (χ2n) is 8.38. The van der Waals surface area contributed by atoms with Crippen molar-refractivity contribution in [3.63, 3.8) is 0 Å². The van der Waals surface area contributed by atoms with Crippen LogP contribution in [0.2, 0.25) is 0 Å². The monoisotopic (exact) mass is 546 g/mol. The number of methoxy groups -OCH3 is 1. The smallest absolute Gasteiger partial charge is 0.434 e. The average Bonchev–Trinajstić information content (AvgIpc) is 3.56. The molecular weight excluding hydrogens is 529 g/mol. The van der Waals surface area contributed by atoms with Crippen molar-refractivity contribution in [2.45, 2.75) is 6.18 Å². The number of esters is 1. The molecule has 14 heteroatoms. The maximum absolute atomic E-state index is 14.2. The van der Waals surface area contributed by atoms with Gasteiger partial charge in [-0.2, -0.15) is 28.6 Å². The molecule has 0 bridgehead atoms. The van der Waals surface area contributed by atoms with E-state index in [0.29, 0.717) is 15.6 Å². The van der Waals surface area contributed by atoms with E-state index >= 15 is 0 Å². The van der Waals surface area contributed by atoms with Crippen molar-refractivity contribution >= 4 is 28.5 Å². The summed E-state index contributed by atoms with van der Waals surface area (Å²) < 4.78 is 49.3. The van der Waals surface area contributed by atoms with Gasteiger partial charge in [-0.05, 0) is 30.3 Å². The van der Waals surface area contributed by atoms with Gasteiger partial charge in [0.05, 0.1) is 47.5 Å². The van der Waals surface area contributed by atoms with Crippen LogP contribution in [0.5, 0.6) is 0 Å². The van der Waals surface area contributed by atoms with E-state index in [2.05, 4.69) is 30.2 Å². The maximum Gasteiger partial charge on any atom is 0.434 e. The van der Waals surface area contributed by atoms with Gasteiger partial charge >= 0.3 is 12.1 Å². The zero-order chi connectivity index (χ0) is 28.6. The Hall–Kier alpha value is -5.58. The molecule has 4 heterocycles. The van der Waals surface area contributed by atoms with Crippen LogP contribution in [-0.2, 0) is 18.0 Å². The number of amides is 1. The van der Waals surface area contributed by atoms with Gasteiger partial charge in [0, 0.05) is 24.7 Å². The molecule has 40 heavy (non-hydrogen) atoms. The molecule has 0 spiro atoms. The number of aromatic nitrogens is 6. The first-order chi connectivity index (χ1) is 19.1. The molecule has 11 nitrogen and oxygen atoms in total. The van der Waals surface area contributed by atoms with E-state index in [1.807, 2.05) is 6.07 Å². The Morgan fingerprint density at radius 2 is 1.90 bits per heavy atom. The van der Waals surface area contributed by atoms with Crippen LogP contribution in [0.15, 0.2) is 61.1 Å². The van der Waals surface area contributed by atoms with E-state index in [1.54, 1.807) is 24.3 Å². The molecule has 4 aromatic heterocycles. The summed E-state index contributed by atoms with van der Waals surface area (Å²) in [5.74, 6) is -1.76. The minimum atomic E-state index is -4.94. The second kappa shape index (κ2) is 9.95. The Bertz CT molecular complexity index is 1830. The van der Waals surface area contributed by atoms with Gasteiger partial charge in [-0.1, -0.05) is 6.07 Å². The van der Waals surface area contributed by atoms with Crippen LogP contribution in [-0.4, -0.2) is 48.5 Å². The second-order valence-corrected chi connectivity index (χ2v) is 8.38. The quantitative estimate of drug-likeness (QED) is 0.324. The van der Waals surface area contributed by atoms with Crippen LogP contribution in [0.4, 0.5) is 18.9 Å². The molecule has 5 rings (SSSR count). The minimum absolute atomic E-state index is 0.0374. The highest BCUT2D eigenvalue weighted by molar-refractivity contribution is 6.05. The number of aryl methyl sites for hydroxylation is 1. The van der Waals surface area contributed by atoms with Gasteiger partial charge in [-0.15, -0.1) is 0 Å². The Kier molecular flexibility index (Phi) is 6.48. The van der Waals surface area contributed by atoms with E-state index in [-0.39, 0.29) is 34.0 Å². The molecule has 0 aliphatic carbocycles. The van der Waals surface area contributed by atoms with E-state index < -0.39 is 29.3 Å². The number of halogens is 3. The highest BCUT2D eigenvalue weighted by Gasteiger charge is 2.41. The molecule has 0 unspecified atom stereocenters. The molecule has 5 aromatic rings. The number of pyridine rings is 2. The van der Waals surface area contributed by atoms with Gasteiger partial charge in [0.1, 0.15) is 23.2 Å². The van der Waals surface area contributed by atoms with E-state index in [4.69, 9.17) is 0 Å². The van der Waals surface area contributed by atoms with Crippen molar-refractivity contribution in [3.8, 4) is 23.1 Å². The summed E-state index contributed by atoms with van der Waals surface area (Å²) in [7, 11) is 2.71. The number of nitriles is 1. The third-order valence-electron chi connectivity index (χ3n) is 5.92. The molecule has 0 saturated heterocycles. The average molecular weight is 546 g/mol. The number of fused-ring (bicyclic) bond motifs is 1. The molecule has 0 aliphatic heterocycles. The van der Waals surface area contributed by atoms with Gasteiger partial charge in [0.2, 0.25) is 0 Å². The highest BCUT2D eigenvalue weighted by Crippen LogP contribution is 2.35. The molecule has 0 radical (unpaired) electrons. The Labute approximate surface area is 223 Å². The lowest BCUT2D eigenvalue weighted by Crippen LogP contribution is -2.21. The van der Waals surface area contributed by atoms with Gasteiger partial charge in [-0.3, -0.25) is 19.4 Å². The highest BCUT2D eigenvalue weighted by atomic mass is 19.4. The molecule has 0 fully saturated rings. The zero-order valence-corrected chi connectivity index (χ0v) is 20.8. The fourth-order valence-electron chi connectivity index (χ4n) is 4.14. The van der Waals surface area contributed by atoms with Crippen LogP contribution in [0.25, 0.3) is 28.0 Å². The van der Waals surface area contributed by atoms with Gasteiger partial charge in [0.15, 0.2) is 5.69 Å². The van der Waals surface area contributed by atoms with Crippen LogP contribution < -0.4 is 5.32 Å². The first kappa shape index (κ1) is 26.0. The van der Waals surface area contributed by atoms with Crippen molar-refractivity contribution in [2.75, 3.05) is 12.4 Å². The predicted octanol–water partition coefficient (Wildman–Crippen LogP) is 4.15. The number of benzene rings is 1. The minimum Gasteiger partial charge on any atom is -0.464 e. The number of hydrogen-bond donors (Lipinski definition) is 1. The van der Waals surface area contributed by atoms with Gasteiger partial charge < -0.3 is 10.1 Å². The Morgan fingerprint density at radius 1 is 1.10 bits per heavy atom. The first-order valence-electron chi connectivity index (χ1n) is 11.5. The molecule has 0 atom stereocenters. The van der Waals surface area contributed by atoms with Crippen LogP contribution in [0.3, 0.4) is 0 Å². The number of anilines is 1. The largest absolute Gasteiger partial charge is 0.464 e. The zero-order valence-electron chi connectivity index (χ0n) is 20.8. The summed E-state index contributed by atoms with van der Waals surface area (Å²) in [4.78, 5) is 33.2. The summed E-state index contributed by atoms with van der Waals surface area (Å²) in [5.41, 5.74) is -1.15. The summed E-state index contributed by atoms with van der Waals surface area (Å²) in [6.45, 7) is 0. The number of nitrogens with zero attached hydrogens (tertiary/aromatic N) is 7. The third-order valence-corrected chi connectivity index (χ3v) is 5.92. The molecule has 1 N–H and O–H groups in total. The number of carbonyl (C=O) groups excluding carboxylic acids is 2. The maximum atomic E-state index is 14.2. The van der Waals surface area contributed by atoms with Crippen molar-refractivity contribution < 1.29 is 27.5 Å². The van der Waals surface area contributed by atoms with Crippen LogP contribution in [0, 0.1) is 11.3 Å². The summed E-state index contributed by atoms with van der Waals surface area (Å²) >= 11 is 0. The molecule has 0 aliphatic rings. The summed E-state index contributed by atoms with van der Waals surface area (Å²) in [6, 6.07) is 12.3. The number of hydrogen-bond acceptors (Lipinski definition) is 8. The Morgan fingerprint density at radius 3 is 2.62 bits per heavy atom. The lowest BCUT2D eigenvalue weighted by molar-refractivity contribution is -0.143. The van der Waals surface area contributed by atoms with Crippen molar-refractivity contribution in [3.05, 3.63) is 83.6 Å². The van der Waals surface area contributed by atoms with Crippen molar-refractivity contribution in [2.24, 2.45) is 7.05 Å². The molecule has 200 valence electrons. The number of carbonyl (C=O) groups is 2. The summed E-state index contributed by atoms with van der Waals surface area (Å²) in [5, 5.41) is 20.5. The topological polar surface area (TPSA) is 141 Å². The lowest BCUT2D eigenvalue weighted by Gasteiger charge is -2.14. The van der Waals surface area contributed by atoms with Crippen molar-refractivity contribution in [1.29, 1.82) is 5.26 Å². The van der Waals surface area contributed by atoms with Crippen molar-refractivity contribution in [1.82, 2.24) is 29.5 Å². The fraction of sp³-hybridized carbons (Fsp3) is 0.115. The molecule has 1 amide bonds. The molecular formula is C26H17F3N8O3. The van der Waals surface area contributed by atoms with Crippen LogP contribution >= 0.6 is 0 Å². The fourth-order valence-corrected chi connectivity index (χ4v) is 4.14. The summed E-state index contributed by atoms with van der Waals surface area (Å²) in [6.07, 6.45) is -1.44. The number of rotatable bonds is 5. The predicted molar refractivity (Wildman–Crippen MR) is 134 cm³/mol. The van der Waals surface area contributed by atoms with E-state index in [1.165, 1.54) is 43.2 Å². The number of alkyl halides is 3. The Balaban J connectivity index is 1.50. The molecule has 1 aromatic carbocycles. The SMILES string of the molecule is COC(=O)c1cc(-c2ncc(NC(=O)c3cnn(-c4cccc5ncccc45)c3C(F)(F)F)cc2C#N)nn1C. The van der Waals surface area contributed by atoms with Gasteiger partial charge in [-0.25, -0.2) is 9.48 Å². The number of ether oxygens (including phenoxy) is 1. The number of nitrogens with one attached hydrogen (secondary N) is 1. The molecule has 0 saturated carbocycles. The normalized spacial score (nSPS) is 11.3. The van der Waals surface area contributed by atoms with E-state index in [0.717, 1.165) is 12.4 Å². The van der Waals surface area contributed by atoms with E-state index in [9.17, 15) is 28.0 Å². The van der Waals surface area contributed by atoms with Gasteiger partial charge in [0.25, 0.3) is 5.91 Å². The lowest BCUT2D eigenvalue weighted by atomic mass is 10.1.